The van der Waals surface area contributed by atoms with Gasteiger partial charge in [-0.2, -0.15) is 0 Å². The van der Waals surface area contributed by atoms with Crippen LogP contribution < -0.4 is 0 Å². The summed E-state index contributed by atoms with van der Waals surface area (Å²) in [5.41, 5.74) is 0.499. The van der Waals surface area contributed by atoms with Gasteiger partial charge in [0.05, 0.1) is 13.2 Å². The van der Waals surface area contributed by atoms with Gasteiger partial charge in [-0.1, -0.05) is 20.8 Å². The molecule has 0 aromatic heterocycles. The highest BCUT2D eigenvalue weighted by Crippen LogP contribution is 2.68. The van der Waals surface area contributed by atoms with E-state index in [0.717, 1.165) is 25.7 Å². The van der Waals surface area contributed by atoms with Gasteiger partial charge in [-0.15, -0.1) is 0 Å². The van der Waals surface area contributed by atoms with E-state index >= 15 is 0 Å². The van der Waals surface area contributed by atoms with Gasteiger partial charge in [0.15, 0.2) is 0 Å². The van der Waals surface area contributed by atoms with Crippen molar-refractivity contribution in [3.63, 3.8) is 0 Å². The number of carbonyl (C=O) groups excluding carboxylic acids is 2. The lowest BCUT2D eigenvalue weighted by atomic mass is 9.44. The highest BCUT2D eigenvalue weighted by Gasteiger charge is 2.62. The van der Waals surface area contributed by atoms with Gasteiger partial charge in [-0.3, -0.25) is 9.59 Å². The molecule has 0 aliphatic heterocycles. The summed E-state index contributed by atoms with van der Waals surface area (Å²) in [7, 11) is 1.47. The van der Waals surface area contributed by atoms with Crippen LogP contribution in [0.15, 0.2) is 0 Å². The molecule has 4 unspecified atom stereocenters. The minimum absolute atomic E-state index is 0.103. The third-order valence-corrected chi connectivity index (χ3v) is 10.3. The Morgan fingerprint density at radius 1 is 1.17 bits per heavy atom. The van der Waals surface area contributed by atoms with Gasteiger partial charge in [-0.25, -0.2) is 0 Å². The van der Waals surface area contributed by atoms with Crippen LogP contribution in [-0.2, 0) is 14.3 Å². The second kappa shape index (κ2) is 7.66. The Labute approximate surface area is 176 Å². The Morgan fingerprint density at radius 2 is 1.90 bits per heavy atom. The first kappa shape index (κ1) is 21.3. The van der Waals surface area contributed by atoms with Crippen molar-refractivity contribution in [2.75, 3.05) is 7.11 Å². The van der Waals surface area contributed by atoms with Gasteiger partial charge in [0.2, 0.25) is 0 Å². The third-order valence-electron chi connectivity index (χ3n) is 10.3. The van der Waals surface area contributed by atoms with Crippen LogP contribution >= 0.6 is 0 Å². The second-order valence-corrected chi connectivity index (χ2v) is 11.4. The lowest BCUT2D eigenvalue weighted by molar-refractivity contribution is -0.169. The van der Waals surface area contributed by atoms with Crippen LogP contribution in [0.1, 0.15) is 85.0 Å². The molecule has 0 aromatic rings. The molecule has 29 heavy (non-hydrogen) atoms. The SMILES string of the molecule is COC(=O)CC[C@@H](C)[C@H]1CCC2C3C(CC[C@@]21C)[C@@]1(C)CCC(=O)CC1C[C@@H]3O. The third kappa shape index (κ3) is 3.38. The number of ketones is 1. The Kier molecular flexibility index (Phi) is 5.63. The van der Waals surface area contributed by atoms with Crippen molar-refractivity contribution < 1.29 is 19.4 Å². The number of esters is 1. The highest BCUT2D eigenvalue weighted by molar-refractivity contribution is 5.79. The van der Waals surface area contributed by atoms with E-state index in [4.69, 9.17) is 4.74 Å². The fourth-order valence-electron chi connectivity index (χ4n) is 8.64. The first-order valence-corrected chi connectivity index (χ1v) is 12.0. The number of rotatable bonds is 4. The normalized spacial score (nSPS) is 47.7. The maximum absolute atomic E-state index is 12.1. The number of methoxy groups -OCH3 is 1. The minimum Gasteiger partial charge on any atom is -0.469 e. The minimum atomic E-state index is -0.252. The fraction of sp³-hybridized carbons (Fsp3) is 0.920. The Bertz CT molecular complexity index is 659. The highest BCUT2D eigenvalue weighted by atomic mass is 16.5. The monoisotopic (exact) mass is 404 g/mol. The van der Waals surface area contributed by atoms with Crippen LogP contribution in [-0.4, -0.2) is 30.1 Å². The molecule has 4 nitrogen and oxygen atoms in total. The molecule has 4 aliphatic carbocycles. The van der Waals surface area contributed by atoms with Crippen LogP contribution in [0.25, 0.3) is 0 Å². The van der Waals surface area contributed by atoms with Crippen molar-refractivity contribution in [3.8, 4) is 0 Å². The summed E-state index contributed by atoms with van der Waals surface area (Å²) in [4.78, 5) is 23.7. The van der Waals surface area contributed by atoms with Crippen molar-refractivity contribution in [3.05, 3.63) is 0 Å². The van der Waals surface area contributed by atoms with E-state index in [-0.39, 0.29) is 22.9 Å². The van der Waals surface area contributed by atoms with Crippen molar-refractivity contribution in [1.82, 2.24) is 0 Å². The predicted octanol–water partition coefficient (Wildman–Crippen LogP) is 4.77. The number of Topliss-reactive ketones (excluding diaryl/α,β-unsaturated/α-hetero) is 1. The number of hydrogen-bond acceptors (Lipinski definition) is 4. The van der Waals surface area contributed by atoms with E-state index in [1.54, 1.807) is 0 Å². The van der Waals surface area contributed by atoms with Gasteiger partial charge < -0.3 is 9.84 Å². The number of ether oxygens (including phenoxy) is 1. The molecule has 4 fully saturated rings. The quantitative estimate of drug-likeness (QED) is 0.685. The largest absolute Gasteiger partial charge is 0.469 e. The first-order chi connectivity index (χ1) is 13.7. The van der Waals surface area contributed by atoms with Crippen LogP contribution in [0.2, 0.25) is 0 Å². The van der Waals surface area contributed by atoms with E-state index in [9.17, 15) is 14.7 Å². The topological polar surface area (TPSA) is 63.6 Å². The van der Waals surface area contributed by atoms with Gasteiger partial charge in [0, 0.05) is 19.3 Å². The Balaban J connectivity index is 1.53. The smallest absolute Gasteiger partial charge is 0.305 e. The molecule has 0 heterocycles. The summed E-state index contributed by atoms with van der Waals surface area (Å²) >= 11 is 0. The zero-order chi connectivity index (χ0) is 21.0. The molecule has 0 aromatic carbocycles. The van der Waals surface area contributed by atoms with Gasteiger partial charge >= 0.3 is 5.97 Å². The van der Waals surface area contributed by atoms with Crippen molar-refractivity contribution in [1.29, 1.82) is 0 Å². The molecule has 9 atom stereocenters. The summed E-state index contributed by atoms with van der Waals surface area (Å²) in [5, 5.41) is 11.3. The van der Waals surface area contributed by atoms with E-state index in [1.165, 1.54) is 32.8 Å². The lowest BCUT2D eigenvalue weighted by Gasteiger charge is -2.62. The van der Waals surface area contributed by atoms with E-state index < -0.39 is 0 Å². The van der Waals surface area contributed by atoms with Crippen molar-refractivity contribution in [2.24, 2.45) is 46.3 Å². The molecule has 4 heteroatoms. The first-order valence-electron chi connectivity index (χ1n) is 12.0. The lowest BCUT2D eigenvalue weighted by Crippen LogP contribution is -2.58. The summed E-state index contributed by atoms with van der Waals surface area (Å²) < 4.78 is 4.85. The second-order valence-electron chi connectivity index (χ2n) is 11.4. The van der Waals surface area contributed by atoms with E-state index in [2.05, 4.69) is 20.8 Å². The maximum atomic E-state index is 12.1. The molecule has 0 bridgehead atoms. The number of aliphatic hydroxyl groups excluding tert-OH is 1. The molecule has 0 radical (unpaired) electrons. The Morgan fingerprint density at radius 3 is 2.62 bits per heavy atom. The average Bonchev–Trinajstić information content (AvgIpc) is 3.04. The Hall–Kier alpha value is -0.900. The summed E-state index contributed by atoms with van der Waals surface area (Å²) in [6, 6.07) is 0. The van der Waals surface area contributed by atoms with Crippen molar-refractivity contribution in [2.45, 2.75) is 91.1 Å². The molecule has 164 valence electrons. The maximum Gasteiger partial charge on any atom is 0.305 e. The summed E-state index contributed by atoms with van der Waals surface area (Å²) in [5.74, 6) is 3.35. The summed E-state index contributed by atoms with van der Waals surface area (Å²) in [6.07, 6.45) is 9.27. The molecule has 0 amide bonds. The van der Waals surface area contributed by atoms with Gasteiger partial charge in [0.25, 0.3) is 0 Å². The van der Waals surface area contributed by atoms with Gasteiger partial charge in [-0.05, 0) is 91.3 Å². The summed E-state index contributed by atoms with van der Waals surface area (Å²) in [6.45, 7) is 7.22. The van der Waals surface area contributed by atoms with Crippen LogP contribution in [0, 0.1) is 46.3 Å². The predicted molar refractivity (Wildman–Crippen MR) is 112 cm³/mol. The zero-order valence-electron chi connectivity index (χ0n) is 18.8. The van der Waals surface area contributed by atoms with Crippen LogP contribution in [0.4, 0.5) is 0 Å². The molecule has 1 N–H and O–H groups in total. The van der Waals surface area contributed by atoms with E-state index in [0.29, 0.717) is 54.1 Å². The van der Waals surface area contributed by atoms with Crippen LogP contribution in [0.3, 0.4) is 0 Å². The number of carbonyl (C=O) groups is 2. The molecule has 4 aliphatic rings. The molecule has 0 saturated heterocycles. The average molecular weight is 405 g/mol. The van der Waals surface area contributed by atoms with Crippen LogP contribution in [0.5, 0.6) is 0 Å². The number of aliphatic hydroxyl groups is 1. The van der Waals surface area contributed by atoms with E-state index in [1.807, 2.05) is 0 Å². The molecule has 4 saturated carbocycles. The number of fused-ring (bicyclic) bond motifs is 5. The molecular formula is C25H40O4. The molecule has 4 rings (SSSR count). The zero-order valence-corrected chi connectivity index (χ0v) is 18.8. The number of hydrogen-bond donors (Lipinski definition) is 1. The fourth-order valence-corrected chi connectivity index (χ4v) is 8.64. The molecule has 0 spiro atoms. The standard InChI is InChI=1S/C25H40O4/c1-15(5-8-22(28)29-4)18-6-7-19-23-20(10-12-25(18,19)3)24(2)11-9-17(26)13-16(24)14-21(23)27/h15-16,18-21,23,27H,5-14H2,1-4H3/t15-,16?,18-,19?,20?,21+,23?,24+,25-/m1/s1. The molecular weight excluding hydrogens is 364 g/mol. The van der Waals surface area contributed by atoms with Crippen molar-refractivity contribution >= 4 is 11.8 Å². The van der Waals surface area contributed by atoms with Gasteiger partial charge in [0.1, 0.15) is 5.78 Å².